The van der Waals surface area contributed by atoms with Crippen LogP contribution in [0, 0.1) is 36.9 Å². The summed E-state index contributed by atoms with van der Waals surface area (Å²) >= 11 is 0. The molecule has 0 nitrogen and oxygen atoms in total. The van der Waals surface area contributed by atoms with E-state index in [4.69, 9.17) is 0 Å². The molecule has 0 spiro atoms. The van der Waals surface area contributed by atoms with Crippen LogP contribution in [0.2, 0.25) is 0 Å². The largest absolute Gasteiger partial charge is 0 e. The van der Waals surface area contributed by atoms with E-state index >= 15 is 0 Å². The topological polar surface area (TPSA) is 0 Å². The summed E-state index contributed by atoms with van der Waals surface area (Å²) in [4.78, 5) is 0. The number of hydrogen-bond acceptors (Lipinski definition) is 0. The van der Waals surface area contributed by atoms with Crippen LogP contribution in [0.25, 0.3) is 0 Å². The summed E-state index contributed by atoms with van der Waals surface area (Å²) in [5, 5.41) is 0. The van der Waals surface area contributed by atoms with Gasteiger partial charge in [-0.3, -0.25) is 0 Å². The van der Waals surface area contributed by atoms with Crippen molar-refractivity contribution in [1.82, 2.24) is 0 Å². The fraction of sp³-hybridized carbons (Fsp3) is 0. The van der Waals surface area contributed by atoms with Crippen molar-refractivity contribution in [1.29, 1.82) is 0 Å². The Kier molecular flexibility index (Phi) is 101. The maximum atomic E-state index is 0. The van der Waals surface area contributed by atoms with Gasteiger partial charge in [0.15, 0.2) is 0 Å². The Morgan fingerprint density at radius 1 is 1.00 bits per heavy atom. The Hall–Kier alpha value is 3.67. The quantitative estimate of drug-likeness (QED) is 0.390. The molecular weight excluding hydrogens is 357 g/mol. The molecule has 0 aliphatic rings. The third kappa shape index (κ3) is 9.18. The molecular formula is H9CaGaGeLu. The zero-order chi connectivity index (χ0) is 0. The van der Waals surface area contributed by atoms with Crippen LogP contribution < -0.4 is 0 Å². The van der Waals surface area contributed by atoms with E-state index in [0.717, 1.165) is 0 Å². The van der Waals surface area contributed by atoms with Gasteiger partial charge in [0.25, 0.3) is 0 Å². The van der Waals surface area contributed by atoms with Crippen LogP contribution in [0.4, 0.5) is 0 Å². The monoisotopic (exact) mass is 367 g/mol. The fourth-order valence-corrected chi connectivity index (χ4v) is 0. The molecule has 0 aliphatic heterocycles. The van der Waals surface area contributed by atoms with E-state index in [1.54, 1.807) is 0 Å². The Morgan fingerprint density at radius 2 is 1.00 bits per heavy atom. The van der Waals surface area contributed by atoms with E-state index in [2.05, 4.69) is 0 Å². The molecule has 0 heterocycles. The van der Waals surface area contributed by atoms with E-state index in [0.29, 0.717) is 0 Å². The molecule has 0 unspecified atom stereocenters. The Balaban J connectivity index is 0. The van der Waals surface area contributed by atoms with Gasteiger partial charge in [-0.15, -0.1) is 0 Å². The Morgan fingerprint density at radius 3 is 1.00 bits per heavy atom. The van der Waals surface area contributed by atoms with Gasteiger partial charge in [-0.1, -0.05) is 0 Å². The summed E-state index contributed by atoms with van der Waals surface area (Å²) in [7, 11) is 0. The van der Waals surface area contributed by atoms with Gasteiger partial charge in [0, 0.05) is 36.9 Å². The van der Waals surface area contributed by atoms with E-state index in [-0.39, 0.29) is 112 Å². The summed E-state index contributed by atoms with van der Waals surface area (Å²) in [5.74, 6) is 0. The summed E-state index contributed by atoms with van der Waals surface area (Å²) in [6.45, 7) is 0. The van der Waals surface area contributed by atoms with Gasteiger partial charge in [0.2, 0.25) is 0 Å². The van der Waals surface area contributed by atoms with Crippen LogP contribution in [0.1, 0.15) is 0 Å². The van der Waals surface area contributed by atoms with Gasteiger partial charge in [-0.05, 0) is 0 Å². The molecule has 0 aliphatic carbocycles. The average Bonchev–Trinajstić information content (AvgIpc) is 0. The molecule has 0 saturated carbocycles. The minimum atomic E-state index is 0. The molecule has 0 amide bonds. The SMILES string of the molecule is [CaH2].[GaH3].[GeH4].[Lu]. The summed E-state index contributed by atoms with van der Waals surface area (Å²) in [5.41, 5.74) is 0. The van der Waals surface area contributed by atoms with E-state index < -0.39 is 0 Å². The first-order valence-electron chi connectivity index (χ1n) is 0. The molecule has 0 rings (SSSR count). The molecule has 0 fully saturated rings. The average molecular weight is 366 g/mol. The molecule has 0 aromatic heterocycles. The Bertz CT molecular complexity index is 8.00. The van der Waals surface area contributed by atoms with Crippen molar-refractivity contribution in [2.45, 2.75) is 0 Å². The predicted octanol–water partition coefficient (Wildman–Crippen LogP) is -3.55. The van der Waals surface area contributed by atoms with E-state index in [1.807, 2.05) is 0 Å². The molecule has 33 valence electrons. The molecule has 0 atom stereocenters. The smallest absolute Gasteiger partial charge is 0 e. The minimum absolute atomic E-state index is 0. The first-order chi connectivity index (χ1) is 0. The second-order valence-corrected chi connectivity index (χ2v) is 0. The fourth-order valence-electron chi connectivity index (χ4n) is 0. The van der Waals surface area contributed by atoms with Crippen molar-refractivity contribution >= 4 is 75.1 Å². The predicted molar refractivity (Wildman–Crippen MR) is 29.8 cm³/mol. The second-order valence-electron chi connectivity index (χ2n) is 0. The normalized spacial score (nSPS) is 0. The summed E-state index contributed by atoms with van der Waals surface area (Å²) in [6, 6.07) is 0. The van der Waals surface area contributed by atoms with Gasteiger partial charge in [-0.25, -0.2) is 0 Å². The van der Waals surface area contributed by atoms with Crippen molar-refractivity contribution in [2.24, 2.45) is 0 Å². The van der Waals surface area contributed by atoms with Crippen LogP contribution in [0.3, 0.4) is 0 Å². The first-order valence-corrected chi connectivity index (χ1v) is 0. The van der Waals surface area contributed by atoms with Crippen molar-refractivity contribution < 1.29 is 36.9 Å². The minimum Gasteiger partial charge on any atom is 0 e. The van der Waals surface area contributed by atoms with Gasteiger partial charge < -0.3 is 0 Å². The Labute approximate surface area is 109 Å². The van der Waals surface area contributed by atoms with Crippen LogP contribution in [0.5, 0.6) is 0 Å². The van der Waals surface area contributed by atoms with Crippen molar-refractivity contribution in [3.8, 4) is 0 Å². The maximum Gasteiger partial charge on any atom is 0 e. The number of hydrogen-bond donors (Lipinski definition) is 0. The van der Waals surface area contributed by atoms with Crippen LogP contribution in [-0.2, 0) is 0 Å². The van der Waals surface area contributed by atoms with Gasteiger partial charge >= 0.3 is 75.1 Å². The van der Waals surface area contributed by atoms with E-state index in [1.165, 1.54) is 0 Å². The van der Waals surface area contributed by atoms with Gasteiger partial charge in [0.05, 0.1) is 0 Å². The molecule has 0 bridgehead atoms. The molecule has 4 heavy (non-hydrogen) atoms. The van der Waals surface area contributed by atoms with E-state index in [9.17, 15) is 0 Å². The first kappa shape index (κ1) is 25.3. The van der Waals surface area contributed by atoms with Crippen LogP contribution in [0.15, 0.2) is 0 Å². The number of rotatable bonds is 0. The third-order valence-electron chi connectivity index (χ3n) is 0. The zero-order valence-corrected chi connectivity index (χ0v) is 1.91. The standard InChI is InChI=1S/Ca.Ga.GeH4.Lu.5H/h;;1H4;;;;;;. The van der Waals surface area contributed by atoms with Crippen molar-refractivity contribution in [2.75, 3.05) is 0 Å². The third-order valence-corrected chi connectivity index (χ3v) is 0. The molecule has 0 N–H and O–H groups in total. The molecule has 1 radical (unpaired) electrons. The second kappa shape index (κ2) is 15.9. The summed E-state index contributed by atoms with van der Waals surface area (Å²) in [6.07, 6.45) is 0. The molecule has 0 saturated heterocycles. The maximum absolute atomic E-state index is 0. The van der Waals surface area contributed by atoms with Crippen LogP contribution in [-0.4, -0.2) is 75.1 Å². The van der Waals surface area contributed by atoms with Crippen LogP contribution >= 0.6 is 0 Å². The summed E-state index contributed by atoms with van der Waals surface area (Å²) < 4.78 is 0. The van der Waals surface area contributed by atoms with Crippen molar-refractivity contribution in [3.63, 3.8) is 0 Å². The van der Waals surface area contributed by atoms with Gasteiger partial charge in [-0.2, -0.15) is 0 Å². The zero-order valence-electron chi connectivity index (χ0n) is 0.258. The molecule has 4 heteroatoms. The molecule has 0 aromatic rings. The van der Waals surface area contributed by atoms with Gasteiger partial charge in [0.1, 0.15) is 0 Å². The van der Waals surface area contributed by atoms with Crippen molar-refractivity contribution in [3.05, 3.63) is 0 Å². The molecule has 0 aromatic carbocycles.